The van der Waals surface area contributed by atoms with Gasteiger partial charge in [-0.2, -0.15) is 0 Å². The maximum absolute atomic E-state index is 13.1. The smallest absolute Gasteiger partial charge is 0.254 e. The first-order valence-corrected chi connectivity index (χ1v) is 10.3. The fourth-order valence-corrected chi connectivity index (χ4v) is 4.22. The Morgan fingerprint density at radius 1 is 1.03 bits per heavy atom. The first-order valence-electron chi connectivity index (χ1n) is 10.3. The third kappa shape index (κ3) is 3.63. The molecule has 4 rings (SSSR count). The monoisotopic (exact) mass is 402 g/mol. The summed E-state index contributed by atoms with van der Waals surface area (Å²) in [6.45, 7) is 6.47. The van der Waals surface area contributed by atoms with Crippen LogP contribution >= 0.6 is 0 Å². The third-order valence-corrected chi connectivity index (χ3v) is 5.59. The summed E-state index contributed by atoms with van der Waals surface area (Å²) >= 11 is 0. The molecule has 0 saturated carbocycles. The van der Waals surface area contributed by atoms with Gasteiger partial charge in [0, 0.05) is 24.4 Å². The van der Waals surface area contributed by atoms with Crippen LogP contribution in [-0.2, 0) is 9.59 Å². The number of hydrogen-bond donors (Lipinski definition) is 1. The van der Waals surface area contributed by atoms with E-state index in [1.54, 1.807) is 4.90 Å². The quantitative estimate of drug-likeness (QED) is 0.620. The van der Waals surface area contributed by atoms with E-state index in [0.717, 1.165) is 38.9 Å². The molecule has 1 N–H and O–H groups in total. The highest BCUT2D eigenvalue weighted by atomic mass is 16.5. The maximum atomic E-state index is 13.1. The Morgan fingerprint density at radius 2 is 1.77 bits per heavy atom. The molecule has 1 heterocycles. The van der Waals surface area contributed by atoms with Crippen molar-refractivity contribution in [2.24, 2.45) is 0 Å². The number of fused-ring (bicyclic) bond motifs is 2. The molecule has 0 bridgehead atoms. The number of nitrogens with one attached hydrogen (secondary N) is 1. The van der Waals surface area contributed by atoms with Crippen LogP contribution in [0.15, 0.2) is 54.6 Å². The molecule has 0 spiro atoms. The number of ether oxygens (including phenoxy) is 1. The second kappa shape index (κ2) is 8.19. The summed E-state index contributed by atoms with van der Waals surface area (Å²) in [6, 6.07) is 17.6. The van der Waals surface area contributed by atoms with Gasteiger partial charge in [0.15, 0.2) is 0 Å². The molecule has 0 radical (unpaired) electrons. The van der Waals surface area contributed by atoms with Crippen LogP contribution in [0.5, 0.6) is 5.75 Å². The van der Waals surface area contributed by atoms with Crippen molar-refractivity contribution in [3.63, 3.8) is 0 Å². The maximum Gasteiger partial charge on any atom is 0.254 e. The van der Waals surface area contributed by atoms with E-state index in [9.17, 15) is 9.59 Å². The molecule has 30 heavy (non-hydrogen) atoms. The molecule has 154 valence electrons. The summed E-state index contributed by atoms with van der Waals surface area (Å²) in [6.07, 6.45) is 0.689. The Bertz CT molecular complexity index is 1120. The first-order chi connectivity index (χ1) is 14.5. The summed E-state index contributed by atoms with van der Waals surface area (Å²) in [5.74, 6) is 0.563. The number of amides is 2. The van der Waals surface area contributed by atoms with Gasteiger partial charge in [0.25, 0.3) is 5.91 Å². The fourth-order valence-electron chi connectivity index (χ4n) is 4.22. The van der Waals surface area contributed by atoms with E-state index < -0.39 is 6.04 Å². The molecule has 5 nitrogen and oxygen atoms in total. The summed E-state index contributed by atoms with van der Waals surface area (Å²) in [7, 11) is 0. The van der Waals surface area contributed by atoms with E-state index in [4.69, 9.17) is 4.74 Å². The van der Waals surface area contributed by atoms with Gasteiger partial charge >= 0.3 is 0 Å². The number of hydrogen-bond acceptors (Lipinski definition) is 3. The van der Waals surface area contributed by atoms with Gasteiger partial charge in [0.05, 0.1) is 12.3 Å². The molecular weight excluding hydrogens is 376 g/mol. The fraction of sp³-hybridized carbons (Fsp3) is 0.280. The average molecular weight is 402 g/mol. The van der Waals surface area contributed by atoms with E-state index in [-0.39, 0.29) is 11.8 Å². The number of rotatable bonds is 6. The number of nitrogens with zero attached hydrogens (tertiary/aromatic N) is 1. The lowest BCUT2D eigenvalue weighted by molar-refractivity contribution is -0.126. The molecule has 1 unspecified atom stereocenters. The highest BCUT2D eigenvalue weighted by Gasteiger charge is 2.39. The lowest BCUT2D eigenvalue weighted by Gasteiger charge is -2.20. The summed E-state index contributed by atoms with van der Waals surface area (Å²) in [4.78, 5) is 26.6. The Labute approximate surface area is 176 Å². The predicted octanol–water partition coefficient (Wildman–Crippen LogP) is 4.45. The Balaban J connectivity index is 1.49. The molecule has 1 aliphatic heterocycles. The summed E-state index contributed by atoms with van der Waals surface area (Å²) in [5, 5.41) is 5.05. The van der Waals surface area contributed by atoms with Crippen molar-refractivity contribution in [3.8, 4) is 5.75 Å². The third-order valence-electron chi connectivity index (χ3n) is 5.59. The topological polar surface area (TPSA) is 58.6 Å². The molecule has 0 aromatic heterocycles. The van der Waals surface area contributed by atoms with Crippen molar-refractivity contribution >= 4 is 28.3 Å². The molecule has 5 heteroatoms. The molecule has 0 saturated heterocycles. The molecule has 2 amide bonds. The number of benzene rings is 3. The highest BCUT2D eigenvalue weighted by Crippen LogP contribution is 2.40. The summed E-state index contributed by atoms with van der Waals surface area (Å²) in [5.41, 5.74) is 3.87. The van der Waals surface area contributed by atoms with E-state index in [1.165, 1.54) is 6.92 Å². The van der Waals surface area contributed by atoms with Gasteiger partial charge in [-0.1, -0.05) is 48.5 Å². The van der Waals surface area contributed by atoms with Crippen LogP contribution in [0.4, 0.5) is 5.69 Å². The number of anilines is 1. The second-order valence-electron chi connectivity index (χ2n) is 7.76. The van der Waals surface area contributed by atoms with E-state index in [2.05, 4.69) is 23.5 Å². The SMILES string of the molecule is CC(=O)NC1C(=O)N(CCCOc2cccc3ccccc23)c2c(C)ccc(C)c21. The molecule has 3 aromatic rings. The second-order valence-corrected chi connectivity index (χ2v) is 7.76. The normalized spacial score (nSPS) is 15.4. The van der Waals surface area contributed by atoms with Crippen molar-refractivity contribution in [1.29, 1.82) is 0 Å². The van der Waals surface area contributed by atoms with Crippen molar-refractivity contribution in [2.75, 3.05) is 18.1 Å². The highest BCUT2D eigenvalue weighted by molar-refractivity contribution is 6.07. The van der Waals surface area contributed by atoms with Gasteiger partial charge in [-0.25, -0.2) is 0 Å². The Hall–Kier alpha value is -3.34. The van der Waals surface area contributed by atoms with Crippen LogP contribution in [0.25, 0.3) is 10.8 Å². The van der Waals surface area contributed by atoms with Gasteiger partial charge in [-0.3, -0.25) is 9.59 Å². The number of carbonyl (C=O) groups is 2. The van der Waals surface area contributed by atoms with Crippen molar-refractivity contribution in [3.05, 3.63) is 71.3 Å². The Kier molecular flexibility index (Phi) is 5.44. The lowest BCUT2D eigenvalue weighted by atomic mass is 9.99. The zero-order valence-corrected chi connectivity index (χ0v) is 17.6. The van der Waals surface area contributed by atoms with Gasteiger partial charge in [-0.05, 0) is 42.8 Å². The standard InChI is InChI=1S/C25H26N2O3/c1-16-12-13-17(2)24-22(16)23(26-18(3)28)25(29)27(24)14-7-15-30-21-11-6-9-19-8-4-5-10-20(19)21/h4-6,8-13,23H,7,14-15H2,1-3H3,(H,26,28). The number of aryl methyl sites for hydroxylation is 2. The molecule has 0 fully saturated rings. The van der Waals surface area contributed by atoms with Crippen LogP contribution in [0.2, 0.25) is 0 Å². The van der Waals surface area contributed by atoms with Gasteiger partial charge in [-0.15, -0.1) is 0 Å². The van der Waals surface area contributed by atoms with Crippen LogP contribution in [0, 0.1) is 13.8 Å². The Morgan fingerprint density at radius 3 is 2.57 bits per heavy atom. The molecule has 1 atom stereocenters. The lowest BCUT2D eigenvalue weighted by Crippen LogP contribution is -2.37. The van der Waals surface area contributed by atoms with Gasteiger partial charge in [0.2, 0.25) is 5.91 Å². The zero-order valence-electron chi connectivity index (χ0n) is 17.6. The largest absolute Gasteiger partial charge is 0.493 e. The minimum atomic E-state index is -0.614. The van der Waals surface area contributed by atoms with E-state index >= 15 is 0 Å². The molecule has 0 aliphatic carbocycles. The van der Waals surface area contributed by atoms with Gasteiger partial charge < -0.3 is 15.0 Å². The summed E-state index contributed by atoms with van der Waals surface area (Å²) < 4.78 is 6.04. The zero-order chi connectivity index (χ0) is 21.3. The van der Waals surface area contributed by atoms with E-state index in [0.29, 0.717) is 19.6 Å². The van der Waals surface area contributed by atoms with Gasteiger partial charge in [0.1, 0.15) is 11.8 Å². The average Bonchev–Trinajstić information content (AvgIpc) is 3.00. The number of carbonyl (C=O) groups excluding carboxylic acids is 2. The van der Waals surface area contributed by atoms with Crippen molar-refractivity contribution in [2.45, 2.75) is 33.2 Å². The van der Waals surface area contributed by atoms with Crippen LogP contribution in [-0.4, -0.2) is 25.0 Å². The predicted molar refractivity (Wildman–Crippen MR) is 119 cm³/mol. The van der Waals surface area contributed by atoms with E-state index in [1.807, 2.05) is 50.2 Å². The minimum absolute atomic E-state index is 0.0808. The van der Waals surface area contributed by atoms with Crippen molar-refractivity contribution in [1.82, 2.24) is 5.32 Å². The minimum Gasteiger partial charge on any atom is -0.493 e. The van der Waals surface area contributed by atoms with Crippen molar-refractivity contribution < 1.29 is 14.3 Å². The molecule has 3 aromatic carbocycles. The van der Waals surface area contributed by atoms with Crippen LogP contribution < -0.4 is 15.0 Å². The molecule has 1 aliphatic rings. The van der Waals surface area contributed by atoms with Crippen LogP contribution in [0.3, 0.4) is 0 Å². The molecular formula is C25H26N2O3. The van der Waals surface area contributed by atoms with Crippen LogP contribution in [0.1, 0.15) is 36.1 Å². The first kappa shape index (κ1) is 20.0.